The van der Waals surface area contributed by atoms with Crippen molar-refractivity contribution >= 4 is 65.5 Å². The fourth-order valence-electron chi connectivity index (χ4n) is 4.75. The van der Waals surface area contributed by atoms with Crippen LogP contribution in [0.5, 0.6) is 0 Å². The van der Waals surface area contributed by atoms with Gasteiger partial charge in [-0.1, -0.05) is 12.1 Å². The number of imidazole rings is 1. The third-order valence-electron chi connectivity index (χ3n) is 6.37. The number of benzene rings is 1. The van der Waals surface area contributed by atoms with Gasteiger partial charge in [-0.25, -0.2) is 14.4 Å². The molecule has 3 aromatic heterocycles. The summed E-state index contributed by atoms with van der Waals surface area (Å²) in [4.78, 5) is 31.5. The number of halogens is 4. The number of likely N-dealkylation sites (tertiary alicyclic amines) is 1. The lowest BCUT2D eigenvalue weighted by atomic mass is 10.2. The molecule has 1 amide bonds. The molecule has 2 aliphatic rings. The highest BCUT2D eigenvalue weighted by atomic mass is 35.5. The van der Waals surface area contributed by atoms with Crippen LogP contribution in [0.15, 0.2) is 48.0 Å². The first-order chi connectivity index (χ1) is 15.7. The SMILES string of the molecule is Cl.Cl.Cl.O=C(NCc1ncccc1F)c1csc([C@H]2[C@@H]3CN(Cc4nc5ccccc5[nH]4)C[C@@H]32)n1. The van der Waals surface area contributed by atoms with E-state index in [-0.39, 0.29) is 55.4 Å². The van der Waals surface area contributed by atoms with Crippen LogP contribution in [0.1, 0.15) is 32.9 Å². The van der Waals surface area contributed by atoms with Gasteiger partial charge in [0.15, 0.2) is 0 Å². The van der Waals surface area contributed by atoms with Crippen molar-refractivity contribution in [3.63, 3.8) is 0 Å². The molecule has 186 valence electrons. The molecule has 6 rings (SSSR count). The maximum Gasteiger partial charge on any atom is 0.271 e. The number of nitrogens with one attached hydrogen (secondary N) is 2. The highest BCUT2D eigenvalue weighted by Gasteiger charge is 2.57. The number of H-pyrrole nitrogens is 1. The molecule has 12 heteroatoms. The minimum absolute atomic E-state index is 0. The molecule has 2 fully saturated rings. The first kappa shape index (κ1) is 27.3. The Hall–Kier alpha value is -2.30. The van der Waals surface area contributed by atoms with Crippen LogP contribution < -0.4 is 5.32 Å². The number of pyridine rings is 1. The molecule has 0 bridgehead atoms. The zero-order valence-corrected chi connectivity index (χ0v) is 21.7. The van der Waals surface area contributed by atoms with Crippen LogP contribution in [-0.2, 0) is 13.1 Å². The van der Waals surface area contributed by atoms with Crippen molar-refractivity contribution in [2.24, 2.45) is 11.8 Å². The van der Waals surface area contributed by atoms with Gasteiger partial charge < -0.3 is 10.3 Å². The summed E-state index contributed by atoms with van der Waals surface area (Å²) in [6, 6.07) is 10.9. The van der Waals surface area contributed by atoms with E-state index >= 15 is 0 Å². The number of hydrogen-bond donors (Lipinski definition) is 2. The van der Waals surface area contributed by atoms with Gasteiger partial charge in [-0.05, 0) is 36.1 Å². The number of rotatable bonds is 6. The molecule has 4 aromatic rings. The highest BCUT2D eigenvalue weighted by molar-refractivity contribution is 7.10. The summed E-state index contributed by atoms with van der Waals surface area (Å²) >= 11 is 1.54. The monoisotopic (exact) mass is 556 g/mol. The van der Waals surface area contributed by atoms with Crippen LogP contribution in [0.4, 0.5) is 4.39 Å². The average molecular weight is 558 g/mol. The maximum atomic E-state index is 13.7. The van der Waals surface area contributed by atoms with E-state index in [9.17, 15) is 9.18 Å². The second-order valence-electron chi connectivity index (χ2n) is 8.43. The summed E-state index contributed by atoms with van der Waals surface area (Å²) in [6.07, 6.45) is 1.51. The number of carbonyl (C=O) groups excluding carboxylic acids is 1. The Balaban J connectivity index is 0.00000114. The van der Waals surface area contributed by atoms with Crippen molar-refractivity contribution < 1.29 is 9.18 Å². The normalized spacial score (nSPS) is 20.3. The lowest BCUT2D eigenvalue weighted by Gasteiger charge is -2.17. The first-order valence-electron chi connectivity index (χ1n) is 10.6. The van der Waals surface area contributed by atoms with Crippen molar-refractivity contribution in [2.75, 3.05) is 13.1 Å². The number of fused-ring (bicyclic) bond motifs is 2. The molecule has 2 N–H and O–H groups in total. The number of aromatic nitrogens is 4. The zero-order valence-electron chi connectivity index (χ0n) is 18.4. The fourth-order valence-corrected chi connectivity index (χ4v) is 5.80. The van der Waals surface area contributed by atoms with Crippen LogP contribution >= 0.6 is 48.6 Å². The maximum absolute atomic E-state index is 13.7. The Morgan fingerprint density at radius 3 is 2.63 bits per heavy atom. The number of thiazole rings is 1. The van der Waals surface area contributed by atoms with Gasteiger partial charge in [-0.15, -0.1) is 48.6 Å². The quantitative estimate of drug-likeness (QED) is 0.362. The second-order valence-corrected chi connectivity index (χ2v) is 9.32. The number of carbonyl (C=O) groups is 1. The molecule has 7 nitrogen and oxygen atoms in total. The summed E-state index contributed by atoms with van der Waals surface area (Å²) in [6.45, 7) is 2.91. The molecule has 1 saturated carbocycles. The smallest absolute Gasteiger partial charge is 0.271 e. The molecule has 35 heavy (non-hydrogen) atoms. The van der Waals surface area contributed by atoms with Gasteiger partial charge in [0.25, 0.3) is 5.91 Å². The Labute approximate surface area is 224 Å². The molecular weight excluding hydrogens is 534 g/mol. The van der Waals surface area contributed by atoms with E-state index in [0.717, 1.165) is 41.5 Å². The number of nitrogens with zero attached hydrogens (tertiary/aromatic N) is 4. The van der Waals surface area contributed by atoms with Gasteiger partial charge in [0.1, 0.15) is 17.3 Å². The molecule has 1 aliphatic heterocycles. The summed E-state index contributed by atoms with van der Waals surface area (Å²) in [5.74, 6) is 1.89. The van der Waals surface area contributed by atoms with Crippen LogP contribution in [-0.4, -0.2) is 43.8 Å². The van der Waals surface area contributed by atoms with E-state index in [2.05, 4.69) is 30.2 Å². The molecule has 0 spiro atoms. The van der Waals surface area contributed by atoms with Crippen LogP contribution in [0.2, 0.25) is 0 Å². The molecule has 1 saturated heterocycles. The topological polar surface area (TPSA) is 86.8 Å². The Morgan fingerprint density at radius 2 is 1.89 bits per heavy atom. The molecule has 1 aliphatic carbocycles. The standard InChI is InChI=1S/C23H21FN6OS.3ClH/c24-15-4-3-7-25-18(15)8-26-22(31)19-12-32-23(29-19)21-13-9-30(10-14(13)21)11-20-27-16-5-1-2-6-17(16)28-20;;;/h1-7,12-14,21H,8-11H2,(H,26,31)(H,27,28);3*1H/t13-,14+,21+;;;. The largest absolute Gasteiger partial charge is 0.345 e. The lowest BCUT2D eigenvalue weighted by molar-refractivity contribution is 0.0945. The summed E-state index contributed by atoms with van der Waals surface area (Å²) in [5, 5.41) is 5.53. The minimum atomic E-state index is -0.426. The molecule has 3 atom stereocenters. The zero-order chi connectivity index (χ0) is 21.7. The van der Waals surface area contributed by atoms with Gasteiger partial charge >= 0.3 is 0 Å². The number of piperidine rings is 1. The van der Waals surface area contributed by atoms with Crippen LogP contribution in [0, 0.1) is 17.7 Å². The van der Waals surface area contributed by atoms with Gasteiger partial charge in [0.05, 0.1) is 34.8 Å². The van der Waals surface area contributed by atoms with Gasteiger partial charge in [-0.2, -0.15) is 0 Å². The van der Waals surface area contributed by atoms with Crippen LogP contribution in [0.3, 0.4) is 0 Å². The minimum Gasteiger partial charge on any atom is -0.345 e. The van der Waals surface area contributed by atoms with Crippen molar-refractivity contribution in [1.29, 1.82) is 0 Å². The van der Waals surface area contributed by atoms with Gasteiger partial charge in [-0.3, -0.25) is 14.7 Å². The van der Waals surface area contributed by atoms with E-state index < -0.39 is 5.82 Å². The lowest BCUT2D eigenvalue weighted by Crippen LogP contribution is -2.25. The predicted molar refractivity (Wildman–Crippen MR) is 140 cm³/mol. The van der Waals surface area contributed by atoms with E-state index in [1.54, 1.807) is 5.38 Å². The third kappa shape index (κ3) is 5.44. The molecule has 1 aromatic carbocycles. The number of para-hydroxylation sites is 2. The predicted octanol–water partition coefficient (Wildman–Crippen LogP) is 4.59. The van der Waals surface area contributed by atoms with E-state index in [1.165, 1.54) is 29.7 Å². The number of aromatic amines is 1. The summed E-state index contributed by atoms with van der Waals surface area (Å²) in [7, 11) is 0. The Bertz CT molecular complexity index is 1270. The number of amides is 1. The van der Waals surface area contributed by atoms with E-state index in [1.807, 2.05) is 24.3 Å². The molecule has 0 radical (unpaired) electrons. The first-order valence-corrected chi connectivity index (χ1v) is 11.5. The summed E-state index contributed by atoms with van der Waals surface area (Å²) in [5.41, 5.74) is 2.69. The molecule has 4 heterocycles. The van der Waals surface area contributed by atoms with Gasteiger partial charge in [0, 0.05) is 30.6 Å². The second kappa shape index (κ2) is 11.2. The third-order valence-corrected chi connectivity index (χ3v) is 7.32. The Morgan fingerprint density at radius 1 is 1.11 bits per heavy atom. The van der Waals surface area contributed by atoms with E-state index in [4.69, 9.17) is 0 Å². The van der Waals surface area contributed by atoms with E-state index in [0.29, 0.717) is 23.4 Å². The van der Waals surface area contributed by atoms with Crippen molar-refractivity contribution in [3.8, 4) is 0 Å². The average Bonchev–Trinajstić information content (AvgIpc) is 3.24. The Kier molecular flexibility index (Phi) is 8.72. The van der Waals surface area contributed by atoms with Crippen molar-refractivity contribution in [2.45, 2.75) is 19.0 Å². The fraction of sp³-hybridized carbons (Fsp3) is 0.304. The van der Waals surface area contributed by atoms with Crippen LogP contribution in [0.25, 0.3) is 11.0 Å². The van der Waals surface area contributed by atoms with Crippen molar-refractivity contribution in [3.05, 3.63) is 76.0 Å². The summed E-state index contributed by atoms with van der Waals surface area (Å²) < 4.78 is 13.7. The van der Waals surface area contributed by atoms with Crippen molar-refractivity contribution in [1.82, 2.24) is 30.2 Å². The van der Waals surface area contributed by atoms with Gasteiger partial charge in [0.2, 0.25) is 0 Å². The molecule has 0 unspecified atom stereocenters. The number of hydrogen-bond acceptors (Lipinski definition) is 6. The highest BCUT2D eigenvalue weighted by Crippen LogP contribution is 2.58. The molecular formula is C23H24Cl3FN6OS.